The highest BCUT2D eigenvalue weighted by Gasteiger charge is 2.32. The van der Waals surface area contributed by atoms with Crippen LogP contribution in [0.5, 0.6) is 0 Å². The van der Waals surface area contributed by atoms with Gasteiger partial charge >= 0.3 is 6.03 Å². The number of urea groups is 1. The summed E-state index contributed by atoms with van der Waals surface area (Å²) in [5.74, 6) is 0. The highest BCUT2D eigenvalue weighted by molar-refractivity contribution is 5.74. The zero-order chi connectivity index (χ0) is 21.4. The molecule has 30 heavy (non-hydrogen) atoms. The molecule has 2 fully saturated rings. The van der Waals surface area contributed by atoms with Crippen molar-refractivity contribution in [1.82, 2.24) is 20.4 Å². The van der Waals surface area contributed by atoms with Gasteiger partial charge in [0.05, 0.1) is 32.5 Å². The van der Waals surface area contributed by atoms with Crippen LogP contribution in [0.25, 0.3) is 0 Å². The second-order valence-electron chi connectivity index (χ2n) is 8.65. The summed E-state index contributed by atoms with van der Waals surface area (Å²) in [7, 11) is 0. The highest BCUT2D eigenvalue weighted by atomic mass is 16.5. The normalized spacial score (nSPS) is 21.6. The van der Waals surface area contributed by atoms with Crippen molar-refractivity contribution in [3.63, 3.8) is 0 Å². The van der Waals surface area contributed by atoms with E-state index in [0.717, 1.165) is 71.1 Å². The van der Waals surface area contributed by atoms with Gasteiger partial charge in [-0.3, -0.25) is 9.80 Å². The van der Waals surface area contributed by atoms with E-state index in [1.165, 1.54) is 5.56 Å². The number of amides is 2. The maximum absolute atomic E-state index is 12.9. The van der Waals surface area contributed by atoms with Gasteiger partial charge in [-0.05, 0) is 25.8 Å². The minimum Gasteiger partial charge on any atom is -0.379 e. The number of rotatable bonds is 8. The van der Waals surface area contributed by atoms with Gasteiger partial charge in [0.25, 0.3) is 0 Å². The monoisotopic (exact) mass is 418 g/mol. The molecule has 2 saturated heterocycles. The lowest BCUT2D eigenvalue weighted by Gasteiger charge is -2.43. The van der Waals surface area contributed by atoms with Crippen LogP contribution in [0, 0.1) is 6.92 Å². The number of hydrogen-bond donors (Lipinski definition) is 2. The quantitative estimate of drug-likeness (QED) is 0.677. The van der Waals surface area contributed by atoms with Crippen molar-refractivity contribution < 1.29 is 14.3 Å². The Morgan fingerprint density at radius 3 is 2.27 bits per heavy atom. The lowest BCUT2D eigenvalue weighted by molar-refractivity contribution is -0.0165. The Balaban J connectivity index is 1.60. The third-order valence-electron chi connectivity index (χ3n) is 6.50. The van der Waals surface area contributed by atoms with Gasteiger partial charge in [0.1, 0.15) is 0 Å². The van der Waals surface area contributed by atoms with Gasteiger partial charge < -0.3 is 20.1 Å². The molecule has 168 valence electrons. The first-order valence-electron chi connectivity index (χ1n) is 11.2. The molecule has 2 amide bonds. The van der Waals surface area contributed by atoms with E-state index in [4.69, 9.17) is 9.47 Å². The molecule has 0 unspecified atom stereocenters. The molecule has 2 aliphatic rings. The zero-order valence-electron chi connectivity index (χ0n) is 18.8. The standard InChI is InChI=1S/C23H38N4O3/c1-4-23(3,27-11-15-30-16-12-27)18-24-22(28)25-21(17-26-9-13-29-14-10-26)20-7-5-19(2)6-8-20/h5-8,21H,4,9-18H2,1-3H3,(H2,24,25,28)/t21-,23-/m0/s1. The fourth-order valence-corrected chi connectivity index (χ4v) is 4.12. The van der Waals surface area contributed by atoms with Crippen molar-refractivity contribution in [2.75, 3.05) is 65.7 Å². The first-order chi connectivity index (χ1) is 14.5. The maximum atomic E-state index is 12.9. The topological polar surface area (TPSA) is 66.1 Å². The van der Waals surface area contributed by atoms with E-state index in [0.29, 0.717) is 6.54 Å². The molecule has 1 aromatic rings. The molecular formula is C23H38N4O3. The predicted molar refractivity (Wildman–Crippen MR) is 119 cm³/mol. The summed E-state index contributed by atoms with van der Waals surface area (Å²) in [6, 6.07) is 8.28. The summed E-state index contributed by atoms with van der Waals surface area (Å²) in [5.41, 5.74) is 2.29. The molecule has 0 bridgehead atoms. The number of aryl methyl sites for hydroxylation is 1. The number of ether oxygens (including phenoxy) is 2. The van der Waals surface area contributed by atoms with Crippen molar-refractivity contribution in [2.24, 2.45) is 0 Å². The summed E-state index contributed by atoms with van der Waals surface area (Å²) in [6.07, 6.45) is 0.975. The van der Waals surface area contributed by atoms with Gasteiger partial charge in [-0.2, -0.15) is 0 Å². The molecule has 2 heterocycles. The molecule has 0 aliphatic carbocycles. The fourth-order valence-electron chi connectivity index (χ4n) is 4.12. The Kier molecular flexibility index (Phi) is 8.50. The van der Waals surface area contributed by atoms with Gasteiger partial charge in [-0.25, -0.2) is 4.79 Å². The third-order valence-corrected chi connectivity index (χ3v) is 6.50. The molecule has 2 N–H and O–H groups in total. The van der Waals surface area contributed by atoms with Crippen LogP contribution in [0.4, 0.5) is 4.79 Å². The van der Waals surface area contributed by atoms with Crippen molar-refractivity contribution >= 4 is 6.03 Å². The first kappa shape index (κ1) is 23.0. The first-order valence-corrected chi connectivity index (χ1v) is 11.2. The molecule has 2 aliphatic heterocycles. The number of nitrogens with zero attached hydrogens (tertiary/aromatic N) is 2. The summed E-state index contributed by atoms with van der Waals surface area (Å²) >= 11 is 0. The van der Waals surface area contributed by atoms with Crippen LogP contribution in [0.2, 0.25) is 0 Å². The molecule has 2 atom stereocenters. The average Bonchev–Trinajstić information content (AvgIpc) is 2.79. The van der Waals surface area contributed by atoms with E-state index in [1.54, 1.807) is 0 Å². The Morgan fingerprint density at radius 2 is 1.67 bits per heavy atom. The predicted octanol–water partition coefficient (Wildman–Crippen LogP) is 2.17. The summed E-state index contributed by atoms with van der Waals surface area (Å²) in [4.78, 5) is 17.7. The van der Waals surface area contributed by atoms with Crippen LogP contribution < -0.4 is 10.6 Å². The molecule has 0 aromatic heterocycles. The second-order valence-corrected chi connectivity index (χ2v) is 8.65. The Labute approximate surface area is 181 Å². The number of carbonyl (C=O) groups is 1. The third kappa shape index (κ3) is 6.41. The van der Waals surface area contributed by atoms with Gasteiger partial charge in [-0.1, -0.05) is 36.8 Å². The van der Waals surface area contributed by atoms with E-state index >= 15 is 0 Å². The van der Waals surface area contributed by atoms with E-state index in [9.17, 15) is 4.79 Å². The summed E-state index contributed by atoms with van der Waals surface area (Å²) < 4.78 is 11.0. The van der Waals surface area contributed by atoms with Crippen molar-refractivity contribution in [3.8, 4) is 0 Å². The maximum Gasteiger partial charge on any atom is 0.315 e. The zero-order valence-corrected chi connectivity index (χ0v) is 18.8. The SMILES string of the molecule is CC[C@@](C)(CNC(=O)N[C@@H](CN1CCOCC1)c1ccc(C)cc1)N1CCOCC1. The largest absolute Gasteiger partial charge is 0.379 e. The van der Waals surface area contributed by atoms with Crippen LogP contribution in [0.3, 0.4) is 0 Å². The van der Waals surface area contributed by atoms with Crippen molar-refractivity contribution in [3.05, 3.63) is 35.4 Å². The van der Waals surface area contributed by atoms with Gasteiger partial charge in [0, 0.05) is 44.8 Å². The minimum atomic E-state index is -0.109. The van der Waals surface area contributed by atoms with Crippen LogP contribution in [0.15, 0.2) is 24.3 Å². The van der Waals surface area contributed by atoms with E-state index < -0.39 is 0 Å². The van der Waals surface area contributed by atoms with E-state index in [1.807, 2.05) is 0 Å². The number of hydrogen-bond acceptors (Lipinski definition) is 5. The van der Waals surface area contributed by atoms with Crippen LogP contribution >= 0.6 is 0 Å². The van der Waals surface area contributed by atoms with E-state index in [2.05, 4.69) is 65.5 Å². The number of benzene rings is 1. The molecule has 1 aromatic carbocycles. The lowest BCUT2D eigenvalue weighted by Crippen LogP contribution is -2.58. The summed E-state index contributed by atoms with van der Waals surface area (Å²) in [6.45, 7) is 14.5. The van der Waals surface area contributed by atoms with Crippen LogP contribution in [0.1, 0.15) is 37.4 Å². The number of nitrogens with one attached hydrogen (secondary N) is 2. The minimum absolute atomic E-state index is 0.0556. The average molecular weight is 419 g/mol. The molecule has 0 saturated carbocycles. The number of morpholine rings is 2. The van der Waals surface area contributed by atoms with Crippen molar-refractivity contribution in [1.29, 1.82) is 0 Å². The lowest BCUT2D eigenvalue weighted by atomic mass is 9.95. The Bertz CT molecular complexity index is 657. The van der Waals surface area contributed by atoms with Crippen LogP contribution in [-0.2, 0) is 9.47 Å². The second kappa shape index (κ2) is 11.1. The van der Waals surface area contributed by atoms with E-state index in [-0.39, 0.29) is 17.6 Å². The molecule has 7 heteroatoms. The molecule has 0 radical (unpaired) electrons. The van der Waals surface area contributed by atoms with Gasteiger partial charge in [0.15, 0.2) is 0 Å². The fraction of sp³-hybridized carbons (Fsp3) is 0.696. The van der Waals surface area contributed by atoms with Gasteiger partial charge in [0.2, 0.25) is 0 Å². The molecule has 0 spiro atoms. The molecule has 3 rings (SSSR count). The smallest absolute Gasteiger partial charge is 0.315 e. The summed E-state index contributed by atoms with van der Waals surface area (Å²) in [5, 5.41) is 6.37. The number of carbonyl (C=O) groups excluding carboxylic acids is 1. The molecular weight excluding hydrogens is 380 g/mol. The Hall–Kier alpha value is -1.67. The van der Waals surface area contributed by atoms with Crippen LogP contribution in [-0.4, -0.2) is 87.1 Å². The Morgan fingerprint density at radius 1 is 1.07 bits per heavy atom. The van der Waals surface area contributed by atoms with Crippen molar-refractivity contribution in [2.45, 2.75) is 38.8 Å². The molecule has 7 nitrogen and oxygen atoms in total. The highest BCUT2D eigenvalue weighted by Crippen LogP contribution is 2.20. The van der Waals surface area contributed by atoms with Gasteiger partial charge in [-0.15, -0.1) is 0 Å².